The van der Waals surface area contributed by atoms with Crippen LogP contribution >= 0.6 is 11.3 Å². The van der Waals surface area contributed by atoms with E-state index in [1.165, 1.54) is 10.4 Å². The van der Waals surface area contributed by atoms with Gasteiger partial charge in [-0.3, -0.25) is 4.79 Å². The van der Waals surface area contributed by atoms with Crippen LogP contribution in [0.3, 0.4) is 0 Å². The van der Waals surface area contributed by atoms with Crippen LogP contribution in [-0.2, 0) is 13.0 Å². The molecular weight excluding hydrogens is 358 g/mol. The summed E-state index contributed by atoms with van der Waals surface area (Å²) in [5.74, 6) is 0.817. The van der Waals surface area contributed by atoms with Crippen LogP contribution in [0.1, 0.15) is 38.0 Å². The number of rotatable bonds is 4. The summed E-state index contributed by atoms with van der Waals surface area (Å²) in [5, 5.41) is 11.3. The van der Waals surface area contributed by atoms with Gasteiger partial charge < -0.3 is 14.7 Å². The lowest BCUT2D eigenvalue weighted by atomic mass is 9.94. The highest BCUT2D eigenvalue weighted by molar-refractivity contribution is 7.10. The number of carbonyl (C=O) groups is 1. The number of benzene rings is 2. The number of hydrogen-bond donors (Lipinski definition) is 1. The molecule has 0 fully saturated rings. The summed E-state index contributed by atoms with van der Waals surface area (Å²) in [7, 11) is 1.65. The Hall–Kier alpha value is -2.63. The maximum Gasteiger partial charge on any atom is 0.254 e. The molecule has 1 amide bonds. The molecule has 1 aliphatic rings. The molecule has 0 radical (unpaired) electrons. The standard InChI is InChI=1S/C22H21NO3S/c1-26-19-8-6-16(7-9-19)20-21-17(11-13-27-21)10-12-23(20)22(25)18-4-2-15(14-24)3-5-18/h2-9,11,13,20,24H,10,12,14H2,1H3. The lowest BCUT2D eigenvalue weighted by Gasteiger charge is -2.36. The number of carbonyl (C=O) groups excluding carboxylic acids is 1. The first-order valence-corrected chi connectivity index (χ1v) is 9.80. The molecule has 1 aromatic heterocycles. The Morgan fingerprint density at radius 2 is 1.89 bits per heavy atom. The van der Waals surface area contributed by atoms with Gasteiger partial charge >= 0.3 is 0 Å². The van der Waals surface area contributed by atoms with Gasteiger partial charge in [0, 0.05) is 17.0 Å². The second kappa shape index (κ2) is 7.55. The van der Waals surface area contributed by atoms with Crippen molar-refractivity contribution in [3.8, 4) is 5.75 Å². The van der Waals surface area contributed by atoms with E-state index in [4.69, 9.17) is 4.74 Å². The SMILES string of the molecule is COc1ccc(C2c3sccc3CCN2C(=O)c2ccc(CO)cc2)cc1. The molecular formula is C22H21NO3S. The Morgan fingerprint density at radius 3 is 2.56 bits per heavy atom. The average molecular weight is 379 g/mol. The fourth-order valence-electron chi connectivity index (χ4n) is 3.56. The van der Waals surface area contributed by atoms with Crippen LogP contribution < -0.4 is 4.74 Å². The maximum atomic E-state index is 13.3. The Morgan fingerprint density at radius 1 is 1.15 bits per heavy atom. The minimum absolute atomic E-state index is 0.0133. The summed E-state index contributed by atoms with van der Waals surface area (Å²) < 4.78 is 5.28. The van der Waals surface area contributed by atoms with Crippen LogP contribution in [0.15, 0.2) is 60.0 Å². The molecule has 4 nitrogen and oxygen atoms in total. The normalized spacial score (nSPS) is 16.1. The molecule has 2 aromatic carbocycles. The lowest BCUT2D eigenvalue weighted by Crippen LogP contribution is -2.40. The van der Waals surface area contributed by atoms with Crippen molar-refractivity contribution in [1.82, 2.24) is 4.90 Å². The minimum Gasteiger partial charge on any atom is -0.497 e. The smallest absolute Gasteiger partial charge is 0.254 e. The fraction of sp³-hybridized carbons (Fsp3) is 0.227. The van der Waals surface area contributed by atoms with E-state index in [-0.39, 0.29) is 18.6 Å². The van der Waals surface area contributed by atoms with Crippen LogP contribution in [0.2, 0.25) is 0 Å². The van der Waals surface area contributed by atoms with Crippen molar-refractivity contribution in [1.29, 1.82) is 0 Å². The summed E-state index contributed by atoms with van der Waals surface area (Å²) >= 11 is 1.70. The molecule has 0 aliphatic carbocycles. The monoisotopic (exact) mass is 379 g/mol. The topological polar surface area (TPSA) is 49.8 Å². The molecule has 1 aliphatic heterocycles. The quantitative estimate of drug-likeness (QED) is 0.744. The molecule has 0 bridgehead atoms. The van der Waals surface area contributed by atoms with Crippen molar-refractivity contribution in [3.05, 3.63) is 87.1 Å². The van der Waals surface area contributed by atoms with Gasteiger partial charge in [-0.2, -0.15) is 0 Å². The number of methoxy groups -OCH3 is 1. The number of ether oxygens (including phenoxy) is 1. The molecule has 1 atom stereocenters. The number of amides is 1. The van der Waals surface area contributed by atoms with Crippen LogP contribution in [0.5, 0.6) is 5.75 Å². The van der Waals surface area contributed by atoms with E-state index in [1.54, 1.807) is 42.7 Å². The summed E-state index contributed by atoms with van der Waals surface area (Å²) in [6, 6.07) is 17.2. The number of nitrogens with zero attached hydrogens (tertiary/aromatic N) is 1. The molecule has 0 spiro atoms. The molecule has 3 aromatic rings. The van der Waals surface area contributed by atoms with E-state index in [1.807, 2.05) is 29.2 Å². The molecule has 4 rings (SSSR count). The van der Waals surface area contributed by atoms with Crippen LogP contribution in [0.4, 0.5) is 0 Å². The third-order valence-electron chi connectivity index (χ3n) is 5.04. The van der Waals surface area contributed by atoms with Gasteiger partial charge in [-0.1, -0.05) is 24.3 Å². The highest BCUT2D eigenvalue weighted by Crippen LogP contribution is 2.39. The maximum absolute atomic E-state index is 13.3. The lowest BCUT2D eigenvalue weighted by molar-refractivity contribution is 0.0698. The number of hydrogen-bond acceptors (Lipinski definition) is 4. The van der Waals surface area contributed by atoms with Gasteiger partial charge in [0.15, 0.2) is 0 Å². The van der Waals surface area contributed by atoms with Crippen molar-refractivity contribution in [3.63, 3.8) is 0 Å². The summed E-state index contributed by atoms with van der Waals surface area (Å²) in [4.78, 5) is 16.5. The summed E-state index contributed by atoms with van der Waals surface area (Å²) in [5.41, 5.74) is 3.85. The second-order valence-corrected chi connectivity index (χ2v) is 7.54. The zero-order valence-corrected chi connectivity index (χ0v) is 15.9. The molecule has 0 saturated heterocycles. The molecule has 5 heteroatoms. The van der Waals surface area contributed by atoms with Crippen molar-refractivity contribution >= 4 is 17.2 Å². The van der Waals surface area contributed by atoms with E-state index >= 15 is 0 Å². The molecule has 0 saturated carbocycles. The highest BCUT2D eigenvalue weighted by Gasteiger charge is 2.33. The molecule has 138 valence electrons. The van der Waals surface area contributed by atoms with Crippen molar-refractivity contribution in [2.45, 2.75) is 19.1 Å². The second-order valence-electron chi connectivity index (χ2n) is 6.59. The average Bonchev–Trinajstić information content (AvgIpc) is 3.21. The first-order valence-electron chi connectivity index (χ1n) is 8.92. The third kappa shape index (κ3) is 3.36. The third-order valence-corrected chi connectivity index (χ3v) is 6.05. The van der Waals surface area contributed by atoms with Gasteiger partial charge in [0.05, 0.1) is 19.8 Å². The van der Waals surface area contributed by atoms with Gasteiger partial charge in [0.1, 0.15) is 5.75 Å². The van der Waals surface area contributed by atoms with Gasteiger partial charge in [-0.25, -0.2) is 0 Å². The Kier molecular flexibility index (Phi) is 4.97. The molecule has 1 N–H and O–H groups in total. The Bertz CT molecular complexity index is 931. The van der Waals surface area contributed by atoms with Gasteiger partial charge in [-0.15, -0.1) is 11.3 Å². The molecule has 2 heterocycles. The molecule has 27 heavy (non-hydrogen) atoms. The zero-order valence-electron chi connectivity index (χ0n) is 15.1. The number of aliphatic hydroxyl groups is 1. The van der Waals surface area contributed by atoms with E-state index in [2.05, 4.69) is 11.4 Å². The van der Waals surface area contributed by atoms with Crippen LogP contribution in [-0.4, -0.2) is 29.6 Å². The predicted octanol–water partition coefficient (Wildman–Crippen LogP) is 4.04. The highest BCUT2D eigenvalue weighted by atomic mass is 32.1. The van der Waals surface area contributed by atoms with Crippen molar-refractivity contribution in [2.24, 2.45) is 0 Å². The summed E-state index contributed by atoms with van der Waals surface area (Å²) in [6.45, 7) is 0.659. The summed E-state index contributed by atoms with van der Waals surface area (Å²) in [6.07, 6.45) is 0.867. The molecule has 1 unspecified atom stereocenters. The van der Waals surface area contributed by atoms with Crippen molar-refractivity contribution in [2.75, 3.05) is 13.7 Å². The van der Waals surface area contributed by atoms with E-state index < -0.39 is 0 Å². The van der Waals surface area contributed by atoms with Gasteiger partial charge in [0.25, 0.3) is 5.91 Å². The first kappa shape index (κ1) is 17.8. The Balaban J connectivity index is 1.72. The minimum atomic E-state index is -0.0929. The zero-order chi connectivity index (χ0) is 18.8. The van der Waals surface area contributed by atoms with Crippen molar-refractivity contribution < 1.29 is 14.6 Å². The van der Waals surface area contributed by atoms with Crippen LogP contribution in [0, 0.1) is 0 Å². The van der Waals surface area contributed by atoms with Gasteiger partial charge in [-0.05, 0) is 58.8 Å². The van der Waals surface area contributed by atoms with Gasteiger partial charge in [0.2, 0.25) is 0 Å². The number of fused-ring (bicyclic) bond motifs is 1. The first-order chi connectivity index (χ1) is 13.2. The largest absolute Gasteiger partial charge is 0.497 e. The van der Waals surface area contributed by atoms with Crippen LogP contribution in [0.25, 0.3) is 0 Å². The Labute approximate surface area is 162 Å². The van der Waals surface area contributed by atoms with E-state index in [9.17, 15) is 9.90 Å². The predicted molar refractivity (Wildman–Crippen MR) is 106 cm³/mol. The van der Waals surface area contributed by atoms with E-state index in [0.717, 1.165) is 23.3 Å². The fourth-order valence-corrected chi connectivity index (χ4v) is 4.65. The number of thiophene rings is 1. The number of aliphatic hydroxyl groups excluding tert-OH is 1. The van der Waals surface area contributed by atoms with E-state index in [0.29, 0.717) is 12.1 Å².